The van der Waals surface area contributed by atoms with Gasteiger partial charge in [-0.25, -0.2) is 4.98 Å². The van der Waals surface area contributed by atoms with E-state index in [4.69, 9.17) is 14.2 Å². The number of phenols is 1. The number of carbonyl (C=O) groups excluding carboxylic acids is 3. The Morgan fingerprint density at radius 3 is 2.39 bits per heavy atom. The van der Waals surface area contributed by atoms with Crippen LogP contribution >= 0.6 is 0 Å². The van der Waals surface area contributed by atoms with Crippen molar-refractivity contribution in [1.29, 1.82) is 0 Å². The summed E-state index contributed by atoms with van der Waals surface area (Å²) in [7, 11) is 0. The van der Waals surface area contributed by atoms with Crippen LogP contribution in [-0.2, 0) is 20.7 Å². The number of nitrogens with zero attached hydrogens (tertiary/aromatic N) is 3. The van der Waals surface area contributed by atoms with E-state index in [-0.39, 0.29) is 46.9 Å². The molecule has 4 aliphatic heterocycles. The highest BCUT2D eigenvalue weighted by Gasteiger charge is 2.81. The van der Waals surface area contributed by atoms with Crippen molar-refractivity contribution in [3.05, 3.63) is 93.8 Å². The van der Waals surface area contributed by atoms with Crippen molar-refractivity contribution in [2.45, 2.75) is 110 Å². The minimum Gasteiger partial charge on any atom is -0.506 e. The Labute approximate surface area is 336 Å². The third-order valence-electron chi connectivity index (χ3n) is 13.0. The summed E-state index contributed by atoms with van der Waals surface area (Å²) in [5, 5.41) is 12.0. The smallest absolute Gasteiger partial charge is 0.249 e. The molecular weight excluding hydrogens is 719 g/mol. The Bertz CT molecular complexity index is 2200. The number of ketones is 2. The number of rotatable bonds is 9. The first-order valence-electron chi connectivity index (χ1n) is 20.4. The molecule has 3 aliphatic carbocycles. The van der Waals surface area contributed by atoms with Crippen molar-refractivity contribution in [2.75, 3.05) is 31.1 Å². The quantitative estimate of drug-likeness (QED) is 0.201. The van der Waals surface area contributed by atoms with Crippen molar-refractivity contribution < 1.29 is 33.7 Å². The van der Waals surface area contributed by atoms with Crippen LogP contribution in [0.2, 0.25) is 0 Å². The average molecular weight is 774 g/mol. The van der Waals surface area contributed by atoms with Crippen LogP contribution in [0.4, 0.5) is 5.82 Å². The Balaban J connectivity index is 1.19. The zero-order valence-corrected chi connectivity index (χ0v) is 34.5. The number of fused-ring (bicyclic) bond motifs is 2. The van der Waals surface area contributed by atoms with Crippen LogP contribution in [0.15, 0.2) is 77.1 Å². The van der Waals surface area contributed by atoms with Crippen molar-refractivity contribution in [3.63, 3.8) is 0 Å². The maximum absolute atomic E-state index is 15.1. The highest BCUT2D eigenvalue weighted by molar-refractivity contribution is 6.19. The number of ether oxygens (including phenoxy) is 3. The lowest BCUT2D eigenvalue weighted by molar-refractivity contribution is -0.171. The fourth-order valence-electron chi connectivity index (χ4n) is 10.1. The van der Waals surface area contributed by atoms with E-state index in [1.54, 1.807) is 25.3 Å². The van der Waals surface area contributed by atoms with Crippen molar-refractivity contribution in [3.8, 4) is 17.2 Å². The number of phenolic OH excluding ortho intramolecular Hbond substituents is 1. The van der Waals surface area contributed by atoms with Gasteiger partial charge in [-0.3, -0.25) is 14.4 Å². The van der Waals surface area contributed by atoms with Gasteiger partial charge >= 0.3 is 0 Å². The number of pyridine rings is 1. The standard InChI is InChI=1S/C47H55N3O7/c1-28(2)12-11-18-45(8)19-17-32-38(51)37-39(52)34-26-31-27-35-44(6,7)57-46(42(31)53,47(34,35)56-41(37)33(40(32)55-45)15-14-29(3)4)20-16-30(5)43(54)50-24-22-49(23-25-50)36-13-9-10-21-48-36/h9-10,12-14,16-17,19,21,26,31,35,51H,11,15,18,20,22-25,27H2,1-8H3/b30-16-. The van der Waals surface area contributed by atoms with Crippen LogP contribution < -0.4 is 14.4 Å². The summed E-state index contributed by atoms with van der Waals surface area (Å²) in [4.78, 5) is 52.3. The van der Waals surface area contributed by atoms with Crippen molar-refractivity contribution in [1.82, 2.24) is 9.88 Å². The molecule has 300 valence electrons. The number of allylic oxidation sites excluding steroid dienone is 5. The molecule has 5 unspecified atom stereocenters. The maximum atomic E-state index is 15.1. The van der Waals surface area contributed by atoms with E-state index >= 15 is 4.79 Å². The lowest BCUT2D eigenvalue weighted by Crippen LogP contribution is -2.72. The third-order valence-corrected chi connectivity index (χ3v) is 13.0. The minimum absolute atomic E-state index is 0.0512. The number of hydrogen-bond acceptors (Lipinski definition) is 9. The molecule has 4 bridgehead atoms. The molecule has 1 amide bonds. The zero-order valence-electron chi connectivity index (χ0n) is 34.5. The molecule has 5 heterocycles. The molecule has 9 rings (SSSR count). The normalized spacial score (nSPS) is 29.1. The summed E-state index contributed by atoms with van der Waals surface area (Å²) < 4.78 is 21.2. The number of amides is 1. The molecule has 1 N–H and O–H groups in total. The van der Waals surface area contributed by atoms with Gasteiger partial charge < -0.3 is 29.1 Å². The Morgan fingerprint density at radius 2 is 1.70 bits per heavy atom. The Kier molecular flexibility index (Phi) is 9.45. The van der Waals surface area contributed by atoms with Crippen molar-refractivity contribution >= 4 is 29.4 Å². The molecule has 10 nitrogen and oxygen atoms in total. The molecule has 1 saturated carbocycles. The monoisotopic (exact) mass is 773 g/mol. The van der Waals surface area contributed by atoms with Gasteiger partial charge in [-0.2, -0.15) is 0 Å². The van der Waals surface area contributed by atoms with Crippen molar-refractivity contribution in [2.24, 2.45) is 11.8 Å². The van der Waals surface area contributed by atoms with Crippen LogP contribution in [0.3, 0.4) is 0 Å². The first-order chi connectivity index (χ1) is 27.0. The lowest BCUT2D eigenvalue weighted by Gasteiger charge is -2.56. The summed E-state index contributed by atoms with van der Waals surface area (Å²) in [6, 6.07) is 5.82. The molecule has 7 aliphatic rings. The third kappa shape index (κ3) is 6.08. The molecule has 10 heteroatoms. The highest BCUT2D eigenvalue weighted by atomic mass is 16.6. The summed E-state index contributed by atoms with van der Waals surface area (Å²) in [5.74, 6) is -0.142. The highest BCUT2D eigenvalue weighted by Crippen LogP contribution is 2.68. The van der Waals surface area contributed by atoms with E-state index in [2.05, 4.69) is 35.9 Å². The van der Waals surface area contributed by atoms with E-state index < -0.39 is 28.3 Å². The number of aromatic hydroxyl groups is 1. The summed E-state index contributed by atoms with van der Waals surface area (Å²) in [6.45, 7) is 18.3. The van der Waals surface area contributed by atoms with Gasteiger partial charge in [-0.15, -0.1) is 0 Å². The number of anilines is 1. The molecule has 5 atom stereocenters. The summed E-state index contributed by atoms with van der Waals surface area (Å²) in [5.41, 5.74) is -0.268. The number of hydrogen-bond donors (Lipinski definition) is 1. The van der Waals surface area contributed by atoms with Gasteiger partial charge in [0.05, 0.1) is 11.2 Å². The first-order valence-corrected chi connectivity index (χ1v) is 20.4. The second-order valence-electron chi connectivity index (χ2n) is 17.9. The predicted molar refractivity (Wildman–Crippen MR) is 220 cm³/mol. The van der Waals surface area contributed by atoms with Crippen LogP contribution in [0.1, 0.15) is 103 Å². The lowest BCUT2D eigenvalue weighted by atomic mass is 9.51. The largest absolute Gasteiger partial charge is 0.506 e. The second kappa shape index (κ2) is 13.9. The molecule has 1 spiro atoms. The molecule has 1 aromatic carbocycles. The van der Waals surface area contributed by atoms with Crippen LogP contribution in [0.25, 0.3) is 6.08 Å². The number of carbonyl (C=O) groups is 3. The van der Waals surface area contributed by atoms with Gasteiger partial charge in [0, 0.05) is 67.3 Å². The van der Waals surface area contributed by atoms with E-state index in [1.165, 1.54) is 5.57 Å². The molecule has 2 saturated heterocycles. The van der Waals surface area contributed by atoms with E-state index in [1.807, 2.05) is 69.9 Å². The van der Waals surface area contributed by atoms with Gasteiger partial charge in [0.15, 0.2) is 22.8 Å². The molecule has 1 aromatic heterocycles. The number of Topliss-reactive ketones (excluding diaryl/α,β-unsaturated/α-hetero) is 2. The second-order valence-corrected chi connectivity index (χ2v) is 17.9. The van der Waals surface area contributed by atoms with Gasteiger partial charge in [-0.1, -0.05) is 41.5 Å². The molecular formula is C47H55N3O7. The molecule has 0 radical (unpaired) electrons. The SMILES string of the molecule is CC(C)=CCCC1(C)C=Cc2c(O)c3c(c(CC=C(C)C)c2O1)OC12C(=CC4CC1C(C)(C)OC2(C/C=C(/C)C(=O)N1CCN(c2ccccn2)CC1)C4=O)C3=O. The topological polar surface area (TPSA) is 118 Å². The van der Waals surface area contributed by atoms with Gasteiger partial charge in [0.25, 0.3) is 0 Å². The van der Waals surface area contributed by atoms with Gasteiger partial charge in [0.1, 0.15) is 34.2 Å². The summed E-state index contributed by atoms with van der Waals surface area (Å²) >= 11 is 0. The molecule has 2 aromatic rings. The van der Waals surface area contributed by atoms with Crippen LogP contribution in [-0.4, -0.2) is 81.0 Å². The average Bonchev–Trinajstić information content (AvgIpc) is 3.33. The maximum Gasteiger partial charge on any atom is 0.249 e. The van der Waals surface area contributed by atoms with Crippen LogP contribution in [0, 0.1) is 11.8 Å². The van der Waals surface area contributed by atoms with Gasteiger partial charge in [-0.05, 0) is 105 Å². The van der Waals surface area contributed by atoms with E-state index in [0.29, 0.717) is 73.5 Å². The fourth-order valence-corrected chi connectivity index (χ4v) is 10.1. The molecule has 3 fully saturated rings. The van der Waals surface area contributed by atoms with Crippen LogP contribution in [0.5, 0.6) is 17.2 Å². The number of aromatic nitrogens is 1. The van der Waals surface area contributed by atoms with Gasteiger partial charge in [0.2, 0.25) is 5.91 Å². The predicted octanol–water partition coefficient (Wildman–Crippen LogP) is 7.90. The Morgan fingerprint density at radius 1 is 0.965 bits per heavy atom. The number of benzene rings is 1. The molecule has 57 heavy (non-hydrogen) atoms. The first kappa shape index (κ1) is 38.9. The number of piperazine rings is 1. The van der Waals surface area contributed by atoms with E-state index in [0.717, 1.165) is 17.8 Å². The van der Waals surface area contributed by atoms with E-state index in [9.17, 15) is 14.7 Å². The Hall–Kier alpha value is -4.96. The zero-order chi connectivity index (χ0) is 40.7. The fraction of sp³-hybridized carbons (Fsp3) is 0.489. The minimum atomic E-state index is -1.58. The summed E-state index contributed by atoms with van der Waals surface area (Å²) in [6.07, 6.45) is 15.8.